The van der Waals surface area contributed by atoms with Gasteiger partial charge in [0.15, 0.2) is 0 Å². The topological polar surface area (TPSA) is 78.9 Å². The minimum absolute atomic E-state index is 0.165. The average Bonchev–Trinajstić information content (AvgIpc) is 2.83. The van der Waals surface area contributed by atoms with Crippen LogP contribution in [0.25, 0.3) is 0 Å². The normalized spacial score (nSPS) is 29.1. The van der Waals surface area contributed by atoms with E-state index in [4.69, 9.17) is 4.74 Å². The Labute approximate surface area is 125 Å². The summed E-state index contributed by atoms with van der Waals surface area (Å²) in [5.41, 5.74) is 0.362. The van der Waals surface area contributed by atoms with Gasteiger partial charge in [0.2, 0.25) is 0 Å². The molecule has 0 spiro atoms. The summed E-state index contributed by atoms with van der Waals surface area (Å²) in [7, 11) is 1.66. The van der Waals surface area contributed by atoms with E-state index in [0.29, 0.717) is 26.1 Å². The molecule has 1 aliphatic heterocycles. The van der Waals surface area contributed by atoms with Crippen molar-refractivity contribution in [3.8, 4) is 0 Å². The number of carbonyl (C=O) groups excluding carboxylic acids is 1. The predicted molar refractivity (Wildman–Crippen MR) is 78.1 cm³/mol. The van der Waals surface area contributed by atoms with Crippen LogP contribution in [0, 0.1) is 5.41 Å². The molecule has 2 amide bonds. The van der Waals surface area contributed by atoms with Crippen LogP contribution in [-0.2, 0) is 9.53 Å². The lowest BCUT2D eigenvalue weighted by atomic mass is 9.85. The van der Waals surface area contributed by atoms with Crippen molar-refractivity contribution in [2.24, 2.45) is 5.41 Å². The SMILES string of the molecule is COCC1=CCN(C(=O)NC2CCCC2(C)C(=O)O)CC1. The second kappa shape index (κ2) is 6.47. The number of rotatable bonds is 4. The van der Waals surface area contributed by atoms with Crippen molar-refractivity contribution in [3.05, 3.63) is 11.6 Å². The van der Waals surface area contributed by atoms with Crippen molar-refractivity contribution in [2.45, 2.75) is 38.6 Å². The van der Waals surface area contributed by atoms with Gasteiger partial charge in [-0.05, 0) is 31.8 Å². The second-order valence-electron chi connectivity index (χ2n) is 6.11. The molecular weight excluding hydrogens is 272 g/mol. The number of methoxy groups -OCH3 is 1. The molecule has 0 saturated heterocycles. The van der Waals surface area contributed by atoms with Crippen molar-refractivity contribution < 1.29 is 19.4 Å². The van der Waals surface area contributed by atoms with Crippen LogP contribution in [0.4, 0.5) is 4.79 Å². The molecule has 1 saturated carbocycles. The molecule has 118 valence electrons. The summed E-state index contributed by atoms with van der Waals surface area (Å²) in [5, 5.41) is 12.3. The number of carboxylic acids is 1. The highest BCUT2D eigenvalue weighted by molar-refractivity contribution is 5.79. The molecular formula is C15H24N2O4. The molecule has 2 rings (SSSR count). The summed E-state index contributed by atoms with van der Waals surface area (Å²) in [6.45, 7) is 3.54. The van der Waals surface area contributed by atoms with Crippen LogP contribution in [0.3, 0.4) is 0 Å². The van der Waals surface area contributed by atoms with E-state index in [1.165, 1.54) is 5.57 Å². The molecule has 6 nitrogen and oxygen atoms in total. The average molecular weight is 296 g/mol. The molecule has 1 heterocycles. The lowest BCUT2D eigenvalue weighted by Gasteiger charge is -2.32. The molecule has 0 aromatic rings. The summed E-state index contributed by atoms with van der Waals surface area (Å²) >= 11 is 0. The minimum Gasteiger partial charge on any atom is -0.481 e. The summed E-state index contributed by atoms with van der Waals surface area (Å²) < 4.78 is 5.09. The molecule has 1 aliphatic carbocycles. The van der Waals surface area contributed by atoms with Gasteiger partial charge in [0.1, 0.15) is 0 Å². The fourth-order valence-electron chi connectivity index (χ4n) is 3.11. The summed E-state index contributed by atoms with van der Waals surface area (Å²) in [5.74, 6) is -0.828. The van der Waals surface area contributed by atoms with Gasteiger partial charge in [0, 0.05) is 26.2 Å². The van der Waals surface area contributed by atoms with Crippen LogP contribution in [-0.4, -0.2) is 54.9 Å². The number of nitrogens with zero attached hydrogens (tertiary/aromatic N) is 1. The minimum atomic E-state index is -0.845. The monoisotopic (exact) mass is 296 g/mol. The molecule has 0 aromatic heterocycles. The fourth-order valence-corrected chi connectivity index (χ4v) is 3.11. The van der Waals surface area contributed by atoms with Gasteiger partial charge < -0.3 is 20.1 Å². The van der Waals surface area contributed by atoms with E-state index in [2.05, 4.69) is 5.32 Å². The first kappa shape index (κ1) is 15.8. The van der Waals surface area contributed by atoms with E-state index in [9.17, 15) is 14.7 Å². The Bertz CT molecular complexity index is 449. The van der Waals surface area contributed by atoms with Crippen LogP contribution in [0.5, 0.6) is 0 Å². The Hall–Kier alpha value is -1.56. The third kappa shape index (κ3) is 3.37. The van der Waals surface area contributed by atoms with E-state index in [1.54, 1.807) is 18.9 Å². The molecule has 6 heteroatoms. The maximum absolute atomic E-state index is 12.3. The Morgan fingerprint density at radius 3 is 2.90 bits per heavy atom. The zero-order chi connectivity index (χ0) is 15.5. The molecule has 0 bridgehead atoms. The van der Waals surface area contributed by atoms with E-state index >= 15 is 0 Å². The second-order valence-corrected chi connectivity index (χ2v) is 6.11. The maximum Gasteiger partial charge on any atom is 0.317 e. The number of aliphatic carboxylic acids is 1. The van der Waals surface area contributed by atoms with Gasteiger partial charge in [-0.3, -0.25) is 4.79 Å². The van der Waals surface area contributed by atoms with Crippen molar-refractivity contribution >= 4 is 12.0 Å². The number of carbonyl (C=O) groups is 2. The molecule has 0 radical (unpaired) electrons. The van der Waals surface area contributed by atoms with Gasteiger partial charge in [0.25, 0.3) is 0 Å². The van der Waals surface area contributed by atoms with E-state index in [-0.39, 0.29) is 12.1 Å². The number of hydrogen-bond donors (Lipinski definition) is 2. The first-order valence-corrected chi connectivity index (χ1v) is 7.43. The van der Waals surface area contributed by atoms with Crippen molar-refractivity contribution in [1.29, 1.82) is 0 Å². The predicted octanol–water partition coefficient (Wildman–Crippen LogP) is 1.62. The number of nitrogens with one attached hydrogen (secondary N) is 1. The molecule has 0 aromatic carbocycles. The number of urea groups is 1. The molecule has 2 aliphatic rings. The van der Waals surface area contributed by atoms with Gasteiger partial charge in [-0.15, -0.1) is 0 Å². The van der Waals surface area contributed by atoms with Crippen LogP contribution < -0.4 is 5.32 Å². The summed E-state index contributed by atoms with van der Waals surface area (Å²) in [6, 6.07) is -0.450. The van der Waals surface area contributed by atoms with E-state index in [1.807, 2.05) is 6.08 Å². The van der Waals surface area contributed by atoms with Gasteiger partial charge in [0.05, 0.1) is 12.0 Å². The number of carboxylic acid groups (broad SMARTS) is 1. The molecule has 2 unspecified atom stereocenters. The summed E-state index contributed by atoms with van der Waals surface area (Å²) in [6.07, 6.45) is 5.00. The smallest absolute Gasteiger partial charge is 0.317 e. The van der Waals surface area contributed by atoms with Crippen LogP contribution in [0.2, 0.25) is 0 Å². The first-order chi connectivity index (χ1) is 9.97. The fraction of sp³-hybridized carbons (Fsp3) is 0.733. The van der Waals surface area contributed by atoms with Crippen molar-refractivity contribution in [3.63, 3.8) is 0 Å². The Morgan fingerprint density at radius 2 is 2.33 bits per heavy atom. The zero-order valence-corrected chi connectivity index (χ0v) is 12.7. The van der Waals surface area contributed by atoms with E-state index < -0.39 is 11.4 Å². The molecule has 1 fully saturated rings. The van der Waals surface area contributed by atoms with Gasteiger partial charge in [-0.25, -0.2) is 4.79 Å². The highest BCUT2D eigenvalue weighted by Gasteiger charge is 2.46. The highest BCUT2D eigenvalue weighted by Crippen LogP contribution is 2.38. The Kier molecular flexibility index (Phi) is 4.88. The molecule has 2 atom stereocenters. The van der Waals surface area contributed by atoms with E-state index in [0.717, 1.165) is 19.3 Å². The standard InChI is InChI=1S/C15H24N2O4/c1-15(13(18)19)7-3-4-12(15)16-14(20)17-8-5-11(6-9-17)10-21-2/h5,12H,3-4,6-10H2,1-2H3,(H,16,20)(H,18,19). The van der Waals surface area contributed by atoms with Crippen LogP contribution in [0.15, 0.2) is 11.6 Å². The summed E-state index contributed by atoms with van der Waals surface area (Å²) in [4.78, 5) is 25.4. The Balaban J connectivity index is 1.92. The number of ether oxygens (including phenoxy) is 1. The molecule has 2 N–H and O–H groups in total. The third-order valence-corrected chi connectivity index (χ3v) is 4.66. The number of amides is 2. The van der Waals surface area contributed by atoms with Crippen LogP contribution in [0.1, 0.15) is 32.6 Å². The highest BCUT2D eigenvalue weighted by atomic mass is 16.5. The third-order valence-electron chi connectivity index (χ3n) is 4.66. The van der Waals surface area contributed by atoms with Gasteiger partial charge >= 0.3 is 12.0 Å². The molecule has 21 heavy (non-hydrogen) atoms. The van der Waals surface area contributed by atoms with Gasteiger partial charge in [-0.2, -0.15) is 0 Å². The lowest BCUT2D eigenvalue weighted by Crippen LogP contribution is -2.52. The van der Waals surface area contributed by atoms with Crippen molar-refractivity contribution in [1.82, 2.24) is 10.2 Å². The lowest BCUT2D eigenvalue weighted by molar-refractivity contribution is -0.148. The first-order valence-electron chi connectivity index (χ1n) is 7.43. The largest absolute Gasteiger partial charge is 0.481 e. The zero-order valence-electron chi connectivity index (χ0n) is 12.7. The Morgan fingerprint density at radius 1 is 1.57 bits per heavy atom. The van der Waals surface area contributed by atoms with Crippen LogP contribution >= 0.6 is 0 Å². The van der Waals surface area contributed by atoms with Crippen molar-refractivity contribution in [2.75, 3.05) is 26.8 Å². The van der Waals surface area contributed by atoms with Gasteiger partial charge in [-0.1, -0.05) is 12.5 Å². The quantitative estimate of drug-likeness (QED) is 0.773. The maximum atomic E-state index is 12.3. The number of hydrogen-bond acceptors (Lipinski definition) is 3.